The number of hydrogen-bond donors (Lipinski definition) is 2. The van der Waals surface area contributed by atoms with Gasteiger partial charge in [0.15, 0.2) is 5.96 Å². The standard InChI is InChI=1S/C16H33N3O2S/c1-6-17-15(18-12-16(3,4)21-5)19-13-9-8-10-14(11-13)22(20)7-2/h13-14H,6-12H2,1-5H3,(H2,17,18,19). The van der Waals surface area contributed by atoms with Crippen LogP contribution in [0.4, 0.5) is 0 Å². The Morgan fingerprint density at radius 3 is 2.68 bits per heavy atom. The van der Waals surface area contributed by atoms with Crippen LogP contribution in [-0.4, -0.2) is 53.0 Å². The molecule has 1 saturated carbocycles. The smallest absolute Gasteiger partial charge is 0.191 e. The molecule has 22 heavy (non-hydrogen) atoms. The molecule has 3 unspecified atom stereocenters. The van der Waals surface area contributed by atoms with Gasteiger partial charge in [-0.3, -0.25) is 9.20 Å². The molecule has 0 heterocycles. The Hall–Kier alpha value is -0.620. The summed E-state index contributed by atoms with van der Waals surface area (Å²) in [6, 6.07) is 0.359. The molecule has 1 rings (SSSR count). The molecule has 6 heteroatoms. The quantitative estimate of drug-likeness (QED) is 0.554. The lowest BCUT2D eigenvalue weighted by Crippen LogP contribution is -2.47. The minimum atomic E-state index is -0.692. The van der Waals surface area contributed by atoms with Crippen molar-refractivity contribution in [3.63, 3.8) is 0 Å². The van der Waals surface area contributed by atoms with Crippen LogP contribution < -0.4 is 10.6 Å². The number of nitrogens with zero attached hydrogens (tertiary/aromatic N) is 1. The van der Waals surface area contributed by atoms with Gasteiger partial charge in [-0.2, -0.15) is 0 Å². The van der Waals surface area contributed by atoms with Gasteiger partial charge in [-0.05, 0) is 40.0 Å². The highest BCUT2D eigenvalue weighted by Gasteiger charge is 2.26. The average Bonchev–Trinajstić information content (AvgIpc) is 2.52. The summed E-state index contributed by atoms with van der Waals surface area (Å²) in [7, 11) is 1.02. The third kappa shape index (κ3) is 6.65. The van der Waals surface area contributed by atoms with Crippen molar-refractivity contribution in [1.82, 2.24) is 10.6 Å². The maximum Gasteiger partial charge on any atom is 0.191 e. The predicted octanol–water partition coefficient (Wildman–Crippen LogP) is 2.05. The Kier molecular flexibility index (Phi) is 8.39. The fourth-order valence-corrected chi connectivity index (χ4v) is 3.95. The van der Waals surface area contributed by atoms with E-state index in [-0.39, 0.29) is 5.60 Å². The third-order valence-electron chi connectivity index (χ3n) is 4.14. The first-order valence-electron chi connectivity index (χ1n) is 8.39. The van der Waals surface area contributed by atoms with Crippen LogP contribution in [-0.2, 0) is 15.5 Å². The molecule has 0 spiro atoms. The maximum atomic E-state index is 12.0. The SMILES string of the molecule is CCNC(=NCC(C)(C)OC)NC1CCCC(S(=O)CC)C1. The first-order chi connectivity index (χ1) is 10.4. The van der Waals surface area contributed by atoms with Crippen LogP contribution in [0.3, 0.4) is 0 Å². The minimum Gasteiger partial charge on any atom is -0.377 e. The van der Waals surface area contributed by atoms with Gasteiger partial charge in [-0.15, -0.1) is 0 Å². The van der Waals surface area contributed by atoms with Crippen molar-refractivity contribution in [3.8, 4) is 0 Å². The highest BCUT2D eigenvalue weighted by Crippen LogP contribution is 2.23. The molecule has 1 aliphatic carbocycles. The largest absolute Gasteiger partial charge is 0.377 e. The second kappa shape index (κ2) is 9.50. The number of methoxy groups -OCH3 is 1. The van der Waals surface area contributed by atoms with E-state index in [1.54, 1.807) is 7.11 Å². The van der Waals surface area contributed by atoms with E-state index >= 15 is 0 Å². The van der Waals surface area contributed by atoms with E-state index in [9.17, 15) is 4.21 Å². The van der Waals surface area contributed by atoms with Crippen molar-refractivity contribution in [2.45, 2.75) is 70.3 Å². The second-order valence-electron chi connectivity index (χ2n) is 6.46. The molecular weight excluding hydrogens is 298 g/mol. The van der Waals surface area contributed by atoms with Crippen molar-refractivity contribution in [2.75, 3.05) is 26.0 Å². The predicted molar refractivity (Wildman–Crippen MR) is 94.9 cm³/mol. The zero-order valence-corrected chi connectivity index (χ0v) is 15.6. The molecule has 0 aliphatic heterocycles. The van der Waals surface area contributed by atoms with E-state index in [0.29, 0.717) is 17.8 Å². The summed E-state index contributed by atoms with van der Waals surface area (Å²) >= 11 is 0. The molecule has 5 nitrogen and oxygen atoms in total. The van der Waals surface area contributed by atoms with Gasteiger partial charge in [0, 0.05) is 41.5 Å². The van der Waals surface area contributed by atoms with E-state index in [1.165, 1.54) is 0 Å². The van der Waals surface area contributed by atoms with Crippen LogP contribution in [0.15, 0.2) is 4.99 Å². The van der Waals surface area contributed by atoms with Gasteiger partial charge in [-0.1, -0.05) is 13.3 Å². The minimum absolute atomic E-state index is 0.263. The van der Waals surface area contributed by atoms with Gasteiger partial charge in [0.2, 0.25) is 0 Å². The Morgan fingerprint density at radius 1 is 1.36 bits per heavy atom. The van der Waals surface area contributed by atoms with Crippen molar-refractivity contribution in [1.29, 1.82) is 0 Å². The first kappa shape index (κ1) is 19.4. The summed E-state index contributed by atoms with van der Waals surface area (Å²) in [5.41, 5.74) is -0.263. The van der Waals surface area contributed by atoms with Crippen LogP contribution in [0.25, 0.3) is 0 Å². The Morgan fingerprint density at radius 2 is 2.09 bits per heavy atom. The lowest BCUT2D eigenvalue weighted by Gasteiger charge is -2.30. The Labute approximate surface area is 138 Å². The third-order valence-corrected chi connectivity index (χ3v) is 5.88. The first-order valence-corrected chi connectivity index (χ1v) is 9.77. The number of ether oxygens (including phenoxy) is 1. The molecule has 0 aromatic heterocycles. The zero-order chi connectivity index (χ0) is 16.6. The van der Waals surface area contributed by atoms with Crippen molar-refractivity contribution in [2.24, 2.45) is 4.99 Å². The van der Waals surface area contributed by atoms with E-state index in [4.69, 9.17) is 4.74 Å². The summed E-state index contributed by atoms with van der Waals surface area (Å²) < 4.78 is 17.5. The summed E-state index contributed by atoms with van der Waals surface area (Å²) in [4.78, 5) is 4.63. The molecule has 2 N–H and O–H groups in total. The van der Waals surface area contributed by atoms with E-state index in [1.807, 2.05) is 20.8 Å². The van der Waals surface area contributed by atoms with Crippen LogP contribution in [0.5, 0.6) is 0 Å². The lowest BCUT2D eigenvalue weighted by atomic mass is 9.95. The highest BCUT2D eigenvalue weighted by molar-refractivity contribution is 7.85. The van der Waals surface area contributed by atoms with Crippen molar-refractivity contribution < 1.29 is 8.95 Å². The normalized spacial score (nSPS) is 24.9. The van der Waals surface area contributed by atoms with Gasteiger partial charge in [0.05, 0.1) is 12.1 Å². The van der Waals surface area contributed by atoms with Crippen molar-refractivity contribution >= 4 is 16.8 Å². The molecule has 130 valence electrons. The molecular formula is C16H33N3O2S. The second-order valence-corrected chi connectivity index (χ2v) is 8.46. The molecule has 0 aromatic rings. The number of guanidine groups is 1. The van der Waals surface area contributed by atoms with Crippen LogP contribution in [0, 0.1) is 0 Å². The highest BCUT2D eigenvalue weighted by atomic mass is 32.2. The van der Waals surface area contributed by atoms with Crippen LogP contribution in [0.1, 0.15) is 53.4 Å². The van der Waals surface area contributed by atoms with Gasteiger partial charge >= 0.3 is 0 Å². The molecule has 1 fully saturated rings. The molecule has 0 amide bonds. The number of rotatable bonds is 7. The van der Waals surface area contributed by atoms with Crippen LogP contribution in [0.2, 0.25) is 0 Å². The van der Waals surface area contributed by atoms with E-state index in [2.05, 4.69) is 22.5 Å². The molecule has 1 aliphatic rings. The lowest BCUT2D eigenvalue weighted by molar-refractivity contribution is 0.0310. The summed E-state index contributed by atoms with van der Waals surface area (Å²) in [5, 5.41) is 7.13. The average molecular weight is 332 g/mol. The summed E-state index contributed by atoms with van der Waals surface area (Å²) in [6.07, 6.45) is 4.31. The molecule has 0 bridgehead atoms. The topological polar surface area (TPSA) is 62.7 Å². The number of hydrogen-bond acceptors (Lipinski definition) is 3. The molecule has 0 radical (unpaired) electrons. The Balaban J connectivity index is 2.62. The molecule has 0 aromatic carbocycles. The number of nitrogens with one attached hydrogen (secondary N) is 2. The fourth-order valence-electron chi connectivity index (χ4n) is 2.60. The van der Waals surface area contributed by atoms with Gasteiger partial charge < -0.3 is 15.4 Å². The molecule has 3 atom stereocenters. The zero-order valence-electron chi connectivity index (χ0n) is 14.8. The molecule has 0 saturated heterocycles. The van der Waals surface area contributed by atoms with E-state index < -0.39 is 10.8 Å². The van der Waals surface area contributed by atoms with E-state index in [0.717, 1.165) is 43.9 Å². The fraction of sp³-hybridized carbons (Fsp3) is 0.938. The van der Waals surface area contributed by atoms with Gasteiger partial charge in [0.1, 0.15) is 0 Å². The van der Waals surface area contributed by atoms with Crippen molar-refractivity contribution in [3.05, 3.63) is 0 Å². The maximum absolute atomic E-state index is 12.0. The summed E-state index contributed by atoms with van der Waals surface area (Å²) in [5.74, 6) is 1.59. The summed E-state index contributed by atoms with van der Waals surface area (Å²) in [6.45, 7) is 9.56. The van der Waals surface area contributed by atoms with Gasteiger partial charge in [-0.25, -0.2) is 0 Å². The monoisotopic (exact) mass is 331 g/mol. The Bertz CT molecular complexity index is 386. The van der Waals surface area contributed by atoms with Gasteiger partial charge in [0.25, 0.3) is 0 Å². The van der Waals surface area contributed by atoms with Crippen LogP contribution >= 0.6 is 0 Å². The number of aliphatic imine (C=N–C) groups is 1.